The number of carbonyl (C=O) groups is 2. The molecule has 0 spiro atoms. The lowest BCUT2D eigenvalue weighted by Crippen LogP contribution is -2.48. The second-order valence-corrected chi connectivity index (χ2v) is 7.03. The summed E-state index contributed by atoms with van der Waals surface area (Å²) >= 11 is 0. The smallest absolute Gasteiger partial charge is 0.311 e. The van der Waals surface area contributed by atoms with Gasteiger partial charge in [-0.05, 0) is 44.0 Å². The van der Waals surface area contributed by atoms with Gasteiger partial charge in [-0.1, -0.05) is 12.1 Å². The van der Waals surface area contributed by atoms with E-state index in [4.69, 9.17) is 4.42 Å². The van der Waals surface area contributed by atoms with Crippen molar-refractivity contribution in [2.75, 3.05) is 13.1 Å². The van der Waals surface area contributed by atoms with Crippen molar-refractivity contribution < 1.29 is 23.5 Å². The molecule has 1 amide bonds. The third-order valence-electron chi connectivity index (χ3n) is 4.95. The van der Waals surface area contributed by atoms with Gasteiger partial charge in [0.25, 0.3) is 0 Å². The molecule has 1 atom stereocenters. The van der Waals surface area contributed by atoms with Crippen LogP contribution in [0.1, 0.15) is 31.9 Å². The van der Waals surface area contributed by atoms with Crippen LogP contribution in [0, 0.1) is 11.2 Å². The molecule has 0 saturated carbocycles. The summed E-state index contributed by atoms with van der Waals surface area (Å²) in [6, 6.07) is 9.80. The fourth-order valence-electron chi connectivity index (χ4n) is 3.33. The number of aryl methyl sites for hydroxylation is 1. The fraction of sp³-hybridized carbons (Fsp3) is 0.400. The summed E-state index contributed by atoms with van der Waals surface area (Å²) in [6.45, 7) is 2.50. The number of benzene rings is 1. The number of likely N-dealkylation sites (tertiary alicyclic amines) is 1. The first-order valence-corrected chi connectivity index (χ1v) is 8.74. The number of aliphatic carboxylic acids is 1. The molecule has 3 rings (SSSR count). The molecule has 0 bridgehead atoms. The summed E-state index contributed by atoms with van der Waals surface area (Å²) < 4.78 is 19.5. The number of carbonyl (C=O) groups excluding carboxylic acids is 1. The van der Waals surface area contributed by atoms with Crippen molar-refractivity contribution >= 4 is 11.9 Å². The van der Waals surface area contributed by atoms with Crippen LogP contribution in [0.5, 0.6) is 0 Å². The maximum Gasteiger partial charge on any atom is 0.311 e. The Labute approximate surface area is 151 Å². The van der Waals surface area contributed by atoms with Gasteiger partial charge in [0.05, 0.1) is 11.0 Å². The third kappa shape index (κ3) is 3.79. The van der Waals surface area contributed by atoms with Gasteiger partial charge in [0, 0.05) is 25.9 Å². The Bertz CT molecular complexity index is 816. The van der Waals surface area contributed by atoms with Gasteiger partial charge >= 0.3 is 5.97 Å². The van der Waals surface area contributed by atoms with E-state index in [-0.39, 0.29) is 24.7 Å². The summed E-state index contributed by atoms with van der Waals surface area (Å²) in [7, 11) is 0. The Morgan fingerprint density at radius 1 is 1.27 bits per heavy atom. The molecule has 1 unspecified atom stereocenters. The molecule has 2 aromatic rings. The Kier molecular flexibility index (Phi) is 5.11. The number of carboxylic acids is 1. The van der Waals surface area contributed by atoms with Gasteiger partial charge in [-0.25, -0.2) is 4.39 Å². The SMILES string of the molecule is CC1(C(=O)O)CCCN(C(=O)CCc2ccc(-c3ccccc3F)o2)C1. The van der Waals surface area contributed by atoms with Crippen LogP contribution in [0.2, 0.25) is 0 Å². The quantitative estimate of drug-likeness (QED) is 0.883. The van der Waals surface area contributed by atoms with Gasteiger partial charge in [0.15, 0.2) is 0 Å². The van der Waals surface area contributed by atoms with E-state index in [1.165, 1.54) is 6.07 Å². The topological polar surface area (TPSA) is 70.8 Å². The highest BCUT2D eigenvalue weighted by Crippen LogP contribution is 2.30. The number of hydrogen-bond acceptors (Lipinski definition) is 3. The molecule has 138 valence electrons. The lowest BCUT2D eigenvalue weighted by atomic mass is 9.82. The molecule has 26 heavy (non-hydrogen) atoms. The van der Waals surface area contributed by atoms with Crippen LogP contribution >= 0.6 is 0 Å². The molecule has 1 aromatic carbocycles. The van der Waals surface area contributed by atoms with Gasteiger partial charge in [0.1, 0.15) is 17.3 Å². The van der Waals surface area contributed by atoms with E-state index >= 15 is 0 Å². The maximum atomic E-state index is 13.8. The van der Waals surface area contributed by atoms with Gasteiger partial charge in [-0.3, -0.25) is 9.59 Å². The lowest BCUT2D eigenvalue weighted by Gasteiger charge is -2.37. The molecule has 2 heterocycles. The Hall–Kier alpha value is -2.63. The molecule has 1 fully saturated rings. The Balaban J connectivity index is 1.60. The van der Waals surface area contributed by atoms with E-state index in [0.717, 1.165) is 0 Å². The number of piperidine rings is 1. The first-order chi connectivity index (χ1) is 12.4. The van der Waals surface area contributed by atoms with Gasteiger partial charge in [-0.15, -0.1) is 0 Å². The number of amides is 1. The van der Waals surface area contributed by atoms with Gasteiger partial charge in [0.2, 0.25) is 5.91 Å². The summed E-state index contributed by atoms with van der Waals surface area (Å²) in [6.07, 6.45) is 1.90. The summed E-state index contributed by atoms with van der Waals surface area (Å²) in [5.74, 6) is -0.265. The van der Waals surface area contributed by atoms with E-state index in [1.807, 2.05) is 0 Å². The maximum absolute atomic E-state index is 13.8. The average Bonchev–Trinajstić information content (AvgIpc) is 3.08. The number of rotatable bonds is 5. The zero-order chi connectivity index (χ0) is 18.7. The molecule has 0 radical (unpaired) electrons. The predicted octanol–water partition coefficient (Wildman–Crippen LogP) is 3.73. The number of furan rings is 1. The van der Waals surface area contributed by atoms with E-state index in [0.29, 0.717) is 42.9 Å². The summed E-state index contributed by atoms with van der Waals surface area (Å²) in [4.78, 5) is 25.5. The molecule has 0 aliphatic carbocycles. The lowest BCUT2D eigenvalue weighted by molar-refractivity contribution is -0.153. The molecule has 1 aliphatic rings. The summed E-state index contributed by atoms with van der Waals surface area (Å²) in [5, 5.41) is 9.35. The monoisotopic (exact) mass is 359 g/mol. The van der Waals surface area contributed by atoms with Crippen LogP contribution in [-0.2, 0) is 16.0 Å². The van der Waals surface area contributed by atoms with Crippen molar-refractivity contribution in [2.24, 2.45) is 5.41 Å². The highest BCUT2D eigenvalue weighted by molar-refractivity contribution is 5.79. The second kappa shape index (κ2) is 7.32. The molecule has 6 heteroatoms. The molecular formula is C20H22FNO4. The molecule has 1 aliphatic heterocycles. The fourth-order valence-corrected chi connectivity index (χ4v) is 3.33. The van der Waals surface area contributed by atoms with Crippen molar-refractivity contribution in [3.8, 4) is 11.3 Å². The van der Waals surface area contributed by atoms with Crippen LogP contribution in [0.25, 0.3) is 11.3 Å². The first-order valence-electron chi connectivity index (χ1n) is 8.74. The number of carboxylic acid groups (broad SMARTS) is 1. The van der Waals surface area contributed by atoms with E-state index < -0.39 is 11.4 Å². The zero-order valence-electron chi connectivity index (χ0n) is 14.7. The standard InChI is InChI=1S/C20H22FNO4/c1-20(19(24)25)11-4-12-22(13-20)18(23)10-8-14-7-9-17(26-14)15-5-2-3-6-16(15)21/h2-3,5-7,9H,4,8,10-13H2,1H3,(H,24,25). The van der Waals surface area contributed by atoms with Crippen LogP contribution < -0.4 is 0 Å². The van der Waals surface area contributed by atoms with Crippen molar-refractivity contribution in [1.82, 2.24) is 4.90 Å². The first kappa shape index (κ1) is 18.2. The highest BCUT2D eigenvalue weighted by atomic mass is 19.1. The highest BCUT2D eigenvalue weighted by Gasteiger charge is 2.39. The zero-order valence-corrected chi connectivity index (χ0v) is 14.7. The molecule has 1 saturated heterocycles. The Morgan fingerprint density at radius 2 is 2.04 bits per heavy atom. The van der Waals surface area contributed by atoms with Crippen molar-refractivity contribution in [2.45, 2.75) is 32.6 Å². The number of nitrogens with zero attached hydrogens (tertiary/aromatic N) is 1. The van der Waals surface area contributed by atoms with E-state index in [1.54, 1.807) is 42.2 Å². The van der Waals surface area contributed by atoms with Crippen LogP contribution in [-0.4, -0.2) is 35.0 Å². The summed E-state index contributed by atoms with van der Waals surface area (Å²) in [5.41, 5.74) is -0.491. The largest absolute Gasteiger partial charge is 0.481 e. The third-order valence-corrected chi connectivity index (χ3v) is 4.95. The Morgan fingerprint density at radius 3 is 2.77 bits per heavy atom. The van der Waals surface area contributed by atoms with Crippen molar-refractivity contribution in [3.63, 3.8) is 0 Å². The van der Waals surface area contributed by atoms with Crippen LogP contribution in [0.4, 0.5) is 4.39 Å². The predicted molar refractivity (Wildman–Crippen MR) is 94.0 cm³/mol. The second-order valence-electron chi connectivity index (χ2n) is 7.03. The van der Waals surface area contributed by atoms with Crippen molar-refractivity contribution in [1.29, 1.82) is 0 Å². The number of halogens is 1. The average molecular weight is 359 g/mol. The van der Waals surface area contributed by atoms with Gasteiger partial charge < -0.3 is 14.4 Å². The van der Waals surface area contributed by atoms with Crippen LogP contribution in [0.15, 0.2) is 40.8 Å². The van der Waals surface area contributed by atoms with Crippen molar-refractivity contribution in [3.05, 3.63) is 48.0 Å². The molecule has 1 N–H and O–H groups in total. The van der Waals surface area contributed by atoms with E-state index in [2.05, 4.69) is 0 Å². The van der Waals surface area contributed by atoms with Crippen LogP contribution in [0.3, 0.4) is 0 Å². The van der Waals surface area contributed by atoms with E-state index in [9.17, 15) is 19.1 Å². The van der Waals surface area contributed by atoms with Gasteiger partial charge in [-0.2, -0.15) is 0 Å². The molecular weight excluding hydrogens is 337 g/mol. The minimum Gasteiger partial charge on any atom is -0.481 e. The minimum atomic E-state index is -0.878. The number of hydrogen-bond donors (Lipinski definition) is 1. The normalized spacial score (nSPS) is 20.2. The minimum absolute atomic E-state index is 0.0824. The molecule has 1 aromatic heterocycles. The molecule has 5 nitrogen and oxygen atoms in total.